The molecule has 2 aromatic carbocycles. The highest BCUT2D eigenvalue weighted by atomic mass is 35.5. The van der Waals surface area contributed by atoms with E-state index in [0.29, 0.717) is 5.88 Å². The number of alkyl halides is 1. The molecule has 0 bridgehead atoms. The summed E-state index contributed by atoms with van der Waals surface area (Å²) in [6.45, 7) is 2.90. The highest BCUT2D eigenvalue weighted by Crippen LogP contribution is 2.24. The molecule has 0 aliphatic rings. The van der Waals surface area contributed by atoms with Crippen molar-refractivity contribution >= 4 is 28.9 Å². The fraction of sp³-hybridized carbons (Fsp3) is 0.250. The second-order valence-corrected chi connectivity index (χ2v) is 5.38. The zero-order valence-corrected chi connectivity index (χ0v) is 12.7. The van der Waals surface area contributed by atoms with Crippen molar-refractivity contribution in [2.24, 2.45) is 0 Å². The Bertz CT molecular complexity index is 566. The van der Waals surface area contributed by atoms with Crippen LogP contribution in [0.15, 0.2) is 42.5 Å². The molecule has 0 spiro atoms. The van der Waals surface area contributed by atoms with E-state index < -0.39 is 0 Å². The predicted molar refractivity (Wildman–Crippen MR) is 84.3 cm³/mol. The molecule has 0 heterocycles. The SMILES string of the molecule is Cc1cc(CCl)ccc1N(C)Cc1ccccc1Cl. The van der Waals surface area contributed by atoms with E-state index in [0.717, 1.165) is 22.7 Å². The maximum Gasteiger partial charge on any atom is 0.0474 e. The Morgan fingerprint density at radius 2 is 1.84 bits per heavy atom. The molecule has 0 saturated carbocycles. The molecule has 0 fully saturated rings. The van der Waals surface area contributed by atoms with Gasteiger partial charge in [-0.25, -0.2) is 0 Å². The first-order valence-electron chi connectivity index (χ1n) is 6.22. The summed E-state index contributed by atoms with van der Waals surface area (Å²) in [7, 11) is 2.08. The summed E-state index contributed by atoms with van der Waals surface area (Å²) in [5.41, 5.74) is 4.71. The fourth-order valence-corrected chi connectivity index (χ4v) is 2.56. The molecule has 2 rings (SSSR count). The molecule has 0 aliphatic carbocycles. The molecule has 0 amide bonds. The molecule has 0 N–H and O–H groups in total. The van der Waals surface area contributed by atoms with Crippen LogP contribution in [0.3, 0.4) is 0 Å². The average molecular weight is 294 g/mol. The van der Waals surface area contributed by atoms with Crippen LogP contribution < -0.4 is 4.90 Å². The van der Waals surface area contributed by atoms with Gasteiger partial charge in [0.1, 0.15) is 0 Å². The Balaban J connectivity index is 2.21. The van der Waals surface area contributed by atoms with Crippen molar-refractivity contribution in [3.8, 4) is 0 Å². The van der Waals surface area contributed by atoms with Crippen molar-refractivity contribution in [3.63, 3.8) is 0 Å². The van der Waals surface area contributed by atoms with Crippen LogP contribution in [0.4, 0.5) is 5.69 Å². The topological polar surface area (TPSA) is 3.24 Å². The number of rotatable bonds is 4. The highest BCUT2D eigenvalue weighted by molar-refractivity contribution is 6.31. The molecule has 2 aromatic rings. The second-order valence-electron chi connectivity index (χ2n) is 4.70. The van der Waals surface area contributed by atoms with Crippen LogP contribution in [-0.2, 0) is 12.4 Å². The lowest BCUT2D eigenvalue weighted by molar-refractivity contribution is 0.917. The number of anilines is 1. The van der Waals surface area contributed by atoms with E-state index in [1.165, 1.54) is 11.3 Å². The Labute approximate surface area is 124 Å². The number of nitrogens with zero attached hydrogens (tertiary/aromatic N) is 1. The number of benzene rings is 2. The smallest absolute Gasteiger partial charge is 0.0474 e. The van der Waals surface area contributed by atoms with Crippen LogP contribution in [0.1, 0.15) is 16.7 Å². The molecule has 1 nitrogen and oxygen atoms in total. The van der Waals surface area contributed by atoms with Gasteiger partial charge < -0.3 is 4.90 Å². The van der Waals surface area contributed by atoms with E-state index >= 15 is 0 Å². The Hall–Kier alpha value is -1.18. The summed E-state index contributed by atoms with van der Waals surface area (Å²) in [4.78, 5) is 2.20. The molecular weight excluding hydrogens is 277 g/mol. The van der Waals surface area contributed by atoms with Crippen molar-refractivity contribution in [2.45, 2.75) is 19.3 Å². The minimum atomic E-state index is 0.551. The van der Waals surface area contributed by atoms with E-state index in [-0.39, 0.29) is 0 Å². The van der Waals surface area contributed by atoms with Crippen LogP contribution in [0.25, 0.3) is 0 Å². The van der Waals surface area contributed by atoms with Gasteiger partial charge in [0, 0.05) is 30.2 Å². The lowest BCUT2D eigenvalue weighted by atomic mass is 10.1. The van der Waals surface area contributed by atoms with Gasteiger partial charge in [0.15, 0.2) is 0 Å². The van der Waals surface area contributed by atoms with Gasteiger partial charge in [0.05, 0.1) is 0 Å². The van der Waals surface area contributed by atoms with E-state index in [2.05, 4.69) is 43.1 Å². The molecular formula is C16H17Cl2N. The minimum Gasteiger partial charge on any atom is -0.370 e. The van der Waals surface area contributed by atoms with Gasteiger partial charge in [-0.1, -0.05) is 41.9 Å². The molecule has 0 atom stereocenters. The molecule has 0 aliphatic heterocycles. The molecule has 3 heteroatoms. The third-order valence-electron chi connectivity index (χ3n) is 3.19. The maximum atomic E-state index is 6.20. The fourth-order valence-electron chi connectivity index (χ4n) is 2.20. The molecule has 19 heavy (non-hydrogen) atoms. The van der Waals surface area contributed by atoms with Crippen LogP contribution >= 0.6 is 23.2 Å². The van der Waals surface area contributed by atoms with Crippen molar-refractivity contribution in [1.82, 2.24) is 0 Å². The summed E-state index contributed by atoms with van der Waals surface area (Å²) in [6, 6.07) is 14.3. The molecule has 0 radical (unpaired) electrons. The maximum absolute atomic E-state index is 6.20. The van der Waals surface area contributed by atoms with Gasteiger partial charge in [-0.2, -0.15) is 0 Å². The van der Waals surface area contributed by atoms with E-state index in [9.17, 15) is 0 Å². The quantitative estimate of drug-likeness (QED) is 0.715. The first-order chi connectivity index (χ1) is 9.11. The Morgan fingerprint density at radius 3 is 2.47 bits per heavy atom. The van der Waals surface area contributed by atoms with Crippen molar-refractivity contribution in [3.05, 3.63) is 64.2 Å². The van der Waals surface area contributed by atoms with Crippen molar-refractivity contribution < 1.29 is 0 Å². The van der Waals surface area contributed by atoms with Crippen LogP contribution in [0.5, 0.6) is 0 Å². The van der Waals surface area contributed by atoms with Crippen molar-refractivity contribution in [2.75, 3.05) is 11.9 Å². The largest absolute Gasteiger partial charge is 0.370 e. The highest BCUT2D eigenvalue weighted by Gasteiger charge is 2.08. The first kappa shape index (κ1) is 14.2. The standard InChI is InChI=1S/C16H17Cl2N/c1-12-9-13(10-17)7-8-16(12)19(2)11-14-5-3-4-6-15(14)18/h3-9H,10-11H2,1-2H3. The number of halogens is 2. The van der Waals surface area contributed by atoms with E-state index in [1.54, 1.807) is 0 Å². The summed E-state index contributed by atoms with van der Waals surface area (Å²) in [6.07, 6.45) is 0. The third-order valence-corrected chi connectivity index (χ3v) is 3.87. The Kier molecular flexibility index (Phi) is 4.73. The third kappa shape index (κ3) is 3.43. The number of aryl methyl sites for hydroxylation is 1. The van der Waals surface area contributed by atoms with Gasteiger partial charge in [-0.15, -0.1) is 11.6 Å². The summed E-state index contributed by atoms with van der Waals surface area (Å²) >= 11 is 12.0. The van der Waals surface area contributed by atoms with Gasteiger partial charge >= 0.3 is 0 Å². The first-order valence-corrected chi connectivity index (χ1v) is 7.13. The normalized spacial score (nSPS) is 10.5. The van der Waals surface area contributed by atoms with Gasteiger partial charge in [0.2, 0.25) is 0 Å². The summed E-state index contributed by atoms with van der Waals surface area (Å²) in [5.74, 6) is 0.551. The minimum absolute atomic E-state index is 0.551. The lowest BCUT2D eigenvalue weighted by Gasteiger charge is -2.22. The van der Waals surface area contributed by atoms with Crippen LogP contribution in [0.2, 0.25) is 5.02 Å². The second kappa shape index (κ2) is 6.31. The van der Waals surface area contributed by atoms with E-state index in [1.807, 2.05) is 18.2 Å². The zero-order chi connectivity index (χ0) is 13.8. The summed E-state index contributed by atoms with van der Waals surface area (Å²) in [5, 5.41) is 0.810. The van der Waals surface area contributed by atoms with Gasteiger partial charge in [0.25, 0.3) is 0 Å². The van der Waals surface area contributed by atoms with Gasteiger partial charge in [-0.3, -0.25) is 0 Å². The Morgan fingerprint density at radius 1 is 1.11 bits per heavy atom. The number of hydrogen-bond donors (Lipinski definition) is 0. The average Bonchev–Trinajstić information content (AvgIpc) is 2.41. The lowest BCUT2D eigenvalue weighted by Crippen LogP contribution is -2.17. The monoisotopic (exact) mass is 293 g/mol. The van der Waals surface area contributed by atoms with Crippen LogP contribution in [0, 0.1) is 6.92 Å². The van der Waals surface area contributed by atoms with Crippen LogP contribution in [-0.4, -0.2) is 7.05 Å². The molecule has 0 unspecified atom stereocenters. The number of hydrogen-bond acceptors (Lipinski definition) is 1. The molecule has 0 saturated heterocycles. The van der Waals surface area contributed by atoms with Crippen molar-refractivity contribution in [1.29, 1.82) is 0 Å². The van der Waals surface area contributed by atoms with Gasteiger partial charge in [-0.05, 0) is 35.7 Å². The predicted octanol–water partition coefficient (Wildman–Crippen LogP) is 5.02. The zero-order valence-electron chi connectivity index (χ0n) is 11.2. The molecule has 100 valence electrons. The molecule has 0 aromatic heterocycles. The summed E-state index contributed by atoms with van der Waals surface area (Å²) < 4.78 is 0. The van der Waals surface area contributed by atoms with E-state index in [4.69, 9.17) is 23.2 Å².